The largest absolute Gasteiger partial charge is 0.299 e. The Morgan fingerprint density at radius 3 is 2.78 bits per heavy atom. The van der Waals surface area contributed by atoms with Crippen molar-refractivity contribution in [2.75, 3.05) is 12.4 Å². The van der Waals surface area contributed by atoms with Crippen LogP contribution >= 0.6 is 0 Å². The van der Waals surface area contributed by atoms with Gasteiger partial charge in [-0.1, -0.05) is 18.2 Å². The lowest BCUT2D eigenvalue weighted by molar-refractivity contribution is 0.102. The van der Waals surface area contributed by atoms with Gasteiger partial charge in [-0.25, -0.2) is 4.98 Å². The summed E-state index contributed by atoms with van der Waals surface area (Å²) in [6.45, 7) is 2.93. The molecule has 2 heterocycles. The first-order chi connectivity index (χ1) is 13.0. The third kappa shape index (κ3) is 5.21. The van der Waals surface area contributed by atoms with E-state index in [2.05, 4.69) is 39.3 Å². The number of carbonyl (C=O) groups is 1. The number of aryl methyl sites for hydroxylation is 1. The van der Waals surface area contributed by atoms with Gasteiger partial charge in [-0.2, -0.15) is 0 Å². The number of hydrogen-bond donors (Lipinski definition) is 1. The number of carbonyl (C=O) groups excluding carboxylic acids is 1. The number of rotatable bonds is 7. The average Bonchev–Trinajstić information content (AvgIpc) is 3.07. The van der Waals surface area contributed by atoms with E-state index in [4.69, 9.17) is 0 Å². The lowest BCUT2D eigenvalue weighted by atomic mass is 10.1. The fourth-order valence-electron chi connectivity index (χ4n) is 2.80. The molecule has 0 saturated heterocycles. The van der Waals surface area contributed by atoms with Crippen molar-refractivity contribution in [2.45, 2.75) is 25.9 Å². The van der Waals surface area contributed by atoms with Crippen LogP contribution in [0.2, 0.25) is 0 Å². The van der Waals surface area contributed by atoms with Crippen LogP contribution < -0.4 is 5.32 Å². The molecule has 1 aromatic carbocycles. The topological polar surface area (TPSA) is 75.9 Å². The Hall–Kier alpha value is -3.06. The van der Waals surface area contributed by atoms with Crippen LogP contribution in [0.5, 0.6) is 0 Å². The molecule has 0 bridgehead atoms. The lowest BCUT2D eigenvalue weighted by Crippen LogP contribution is -2.30. The Balaban J connectivity index is 1.61. The minimum Gasteiger partial charge on any atom is -0.299 e. The predicted octanol–water partition coefficient (Wildman–Crippen LogP) is 2.53. The van der Waals surface area contributed by atoms with Crippen molar-refractivity contribution in [3.8, 4) is 0 Å². The van der Waals surface area contributed by atoms with Crippen molar-refractivity contribution in [1.29, 1.82) is 0 Å². The number of nitrogens with zero attached hydrogens (tertiary/aromatic N) is 5. The number of hydrogen-bond acceptors (Lipinski definition) is 5. The molecule has 140 valence electrons. The quantitative estimate of drug-likeness (QED) is 0.697. The zero-order valence-corrected chi connectivity index (χ0v) is 15.8. The predicted molar refractivity (Wildman–Crippen MR) is 104 cm³/mol. The molecular weight excluding hydrogens is 340 g/mol. The van der Waals surface area contributed by atoms with E-state index in [9.17, 15) is 4.79 Å². The van der Waals surface area contributed by atoms with E-state index in [0.717, 1.165) is 24.2 Å². The molecule has 27 heavy (non-hydrogen) atoms. The molecule has 7 nitrogen and oxygen atoms in total. The summed E-state index contributed by atoms with van der Waals surface area (Å²) >= 11 is 0. The summed E-state index contributed by atoms with van der Waals surface area (Å²) in [5, 5.41) is 6.78. The average molecular weight is 364 g/mol. The van der Waals surface area contributed by atoms with Gasteiger partial charge in [0.15, 0.2) is 0 Å². The van der Waals surface area contributed by atoms with E-state index in [1.54, 1.807) is 24.1 Å². The molecule has 1 atom stereocenters. The van der Waals surface area contributed by atoms with Gasteiger partial charge < -0.3 is 0 Å². The first-order valence-corrected chi connectivity index (χ1v) is 8.87. The van der Waals surface area contributed by atoms with E-state index in [1.807, 2.05) is 42.6 Å². The minimum atomic E-state index is -0.216. The standard InChI is InChI=1S/C20H24N6O/c1-15(11-18-9-4-5-10-21-18)25(2)13-16-7-6-8-17(12-16)19(27)23-20-22-14-26(3)24-20/h4-10,12,14-15H,11,13H2,1-3H3,(H,23,24,27)/t15-/m0/s1. The van der Waals surface area contributed by atoms with Gasteiger partial charge in [0.2, 0.25) is 5.95 Å². The summed E-state index contributed by atoms with van der Waals surface area (Å²) in [5.41, 5.74) is 2.74. The zero-order chi connectivity index (χ0) is 19.2. The molecule has 3 rings (SSSR count). The monoisotopic (exact) mass is 364 g/mol. The molecule has 0 fully saturated rings. The third-order valence-electron chi connectivity index (χ3n) is 4.43. The summed E-state index contributed by atoms with van der Waals surface area (Å²) in [6, 6.07) is 13.9. The Morgan fingerprint density at radius 2 is 2.07 bits per heavy atom. The van der Waals surface area contributed by atoms with Crippen molar-refractivity contribution < 1.29 is 4.79 Å². The van der Waals surface area contributed by atoms with Gasteiger partial charge in [0.25, 0.3) is 5.91 Å². The van der Waals surface area contributed by atoms with Crippen LogP contribution in [-0.2, 0) is 20.0 Å². The van der Waals surface area contributed by atoms with Crippen molar-refractivity contribution in [3.05, 3.63) is 71.8 Å². The van der Waals surface area contributed by atoms with Gasteiger partial charge in [-0.05, 0) is 43.8 Å². The minimum absolute atomic E-state index is 0.216. The third-order valence-corrected chi connectivity index (χ3v) is 4.43. The number of likely N-dealkylation sites (N-methyl/N-ethyl adjacent to an activating group) is 1. The van der Waals surface area contributed by atoms with Crippen molar-refractivity contribution >= 4 is 11.9 Å². The van der Waals surface area contributed by atoms with Crippen LogP contribution in [0, 0.1) is 0 Å². The van der Waals surface area contributed by atoms with Crippen LogP contribution in [-0.4, -0.2) is 43.6 Å². The van der Waals surface area contributed by atoms with Crippen molar-refractivity contribution in [1.82, 2.24) is 24.6 Å². The summed E-state index contributed by atoms with van der Waals surface area (Å²) in [7, 11) is 3.84. The molecule has 0 saturated carbocycles. The molecule has 1 N–H and O–H groups in total. The number of aromatic nitrogens is 4. The SMILES string of the molecule is C[C@@H](Cc1ccccn1)N(C)Cc1cccc(C(=O)Nc2ncn(C)n2)c1. The highest BCUT2D eigenvalue weighted by molar-refractivity contribution is 6.03. The highest BCUT2D eigenvalue weighted by atomic mass is 16.1. The van der Waals surface area contributed by atoms with Gasteiger partial charge in [0.1, 0.15) is 6.33 Å². The second-order valence-corrected chi connectivity index (χ2v) is 6.69. The molecule has 1 amide bonds. The van der Waals surface area contributed by atoms with E-state index in [0.29, 0.717) is 17.6 Å². The number of nitrogens with one attached hydrogen (secondary N) is 1. The normalized spacial score (nSPS) is 12.1. The van der Waals surface area contributed by atoms with Gasteiger partial charge in [0.05, 0.1) is 0 Å². The van der Waals surface area contributed by atoms with E-state index >= 15 is 0 Å². The summed E-state index contributed by atoms with van der Waals surface area (Å²) in [4.78, 5) is 23.1. The van der Waals surface area contributed by atoms with Gasteiger partial charge in [-0.15, -0.1) is 5.10 Å². The van der Waals surface area contributed by atoms with Crippen LogP contribution in [0.25, 0.3) is 0 Å². The first-order valence-electron chi connectivity index (χ1n) is 8.87. The Morgan fingerprint density at radius 1 is 1.22 bits per heavy atom. The maximum absolute atomic E-state index is 12.4. The molecule has 0 unspecified atom stereocenters. The van der Waals surface area contributed by atoms with Gasteiger partial charge in [-0.3, -0.25) is 24.7 Å². The second-order valence-electron chi connectivity index (χ2n) is 6.69. The fourth-order valence-corrected chi connectivity index (χ4v) is 2.80. The van der Waals surface area contributed by atoms with Crippen molar-refractivity contribution in [3.63, 3.8) is 0 Å². The van der Waals surface area contributed by atoms with Crippen LogP contribution in [0.15, 0.2) is 55.0 Å². The zero-order valence-electron chi connectivity index (χ0n) is 15.8. The highest BCUT2D eigenvalue weighted by Gasteiger charge is 2.13. The summed E-state index contributed by atoms with van der Waals surface area (Å²) < 4.78 is 1.55. The number of amides is 1. The molecular formula is C20H24N6O. The van der Waals surface area contributed by atoms with Crippen LogP contribution in [0.4, 0.5) is 5.95 Å². The van der Waals surface area contributed by atoms with Gasteiger partial charge >= 0.3 is 0 Å². The Kier molecular flexibility index (Phi) is 5.93. The smallest absolute Gasteiger partial charge is 0.258 e. The number of benzene rings is 1. The second kappa shape index (κ2) is 8.55. The molecule has 0 radical (unpaired) electrons. The Bertz CT molecular complexity index is 892. The number of pyridine rings is 1. The summed E-state index contributed by atoms with van der Waals surface area (Å²) in [5.74, 6) is 0.0845. The molecule has 7 heteroatoms. The van der Waals surface area contributed by atoms with E-state index in [-0.39, 0.29) is 5.91 Å². The lowest BCUT2D eigenvalue weighted by Gasteiger charge is -2.24. The number of anilines is 1. The molecule has 2 aromatic heterocycles. The molecule has 0 aliphatic carbocycles. The molecule has 0 aliphatic heterocycles. The van der Waals surface area contributed by atoms with Crippen LogP contribution in [0.3, 0.4) is 0 Å². The Labute approximate surface area is 159 Å². The molecule has 0 spiro atoms. The molecule has 0 aliphatic rings. The van der Waals surface area contributed by atoms with Crippen molar-refractivity contribution in [2.24, 2.45) is 7.05 Å². The summed E-state index contributed by atoms with van der Waals surface area (Å²) in [6.07, 6.45) is 4.24. The molecule has 3 aromatic rings. The van der Waals surface area contributed by atoms with Crippen LogP contribution in [0.1, 0.15) is 28.5 Å². The maximum Gasteiger partial charge on any atom is 0.258 e. The highest BCUT2D eigenvalue weighted by Crippen LogP contribution is 2.13. The van der Waals surface area contributed by atoms with E-state index < -0.39 is 0 Å². The maximum atomic E-state index is 12.4. The van der Waals surface area contributed by atoms with E-state index in [1.165, 1.54) is 0 Å². The van der Waals surface area contributed by atoms with Gasteiger partial charge in [0, 0.05) is 43.5 Å². The fraction of sp³-hybridized carbons (Fsp3) is 0.300. The first kappa shape index (κ1) is 18.7.